The third-order valence-electron chi connectivity index (χ3n) is 5.69. The van der Waals surface area contributed by atoms with Crippen molar-refractivity contribution in [2.75, 3.05) is 19.8 Å². The van der Waals surface area contributed by atoms with Crippen LogP contribution in [0.2, 0.25) is 0 Å². The van der Waals surface area contributed by atoms with E-state index in [1.54, 1.807) is 0 Å². The quantitative estimate of drug-likeness (QED) is 0.374. The summed E-state index contributed by atoms with van der Waals surface area (Å²) in [5.41, 5.74) is 4.33. The van der Waals surface area contributed by atoms with E-state index < -0.39 is 0 Å². The van der Waals surface area contributed by atoms with Gasteiger partial charge in [-0.1, -0.05) is 37.2 Å². The van der Waals surface area contributed by atoms with Gasteiger partial charge in [-0.05, 0) is 68.4 Å². The molecule has 6 heteroatoms. The van der Waals surface area contributed by atoms with E-state index in [2.05, 4.69) is 37.2 Å². The lowest BCUT2D eigenvalue weighted by atomic mass is 10.0. The van der Waals surface area contributed by atoms with Crippen LogP contribution in [0.3, 0.4) is 0 Å². The fraction of sp³-hybridized carbons (Fsp3) is 0.462. The van der Waals surface area contributed by atoms with Gasteiger partial charge in [0, 0.05) is 17.7 Å². The fourth-order valence-corrected chi connectivity index (χ4v) is 4.08. The lowest BCUT2D eigenvalue weighted by Crippen LogP contribution is -2.04. The van der Waals surface area contributed by atoms with Crippen LogP contribution in [0.25, 0.3) is 22.8 Å². The van der Waals surface area contributed by atoms with Crippen molar-refractivity contribution in [1.29, 1.82) is 0 Å². The normalized spacial score (nSPS) is 15.2. The Balaban J connectivity index is 1.57. The number of hydrogen-bond acceptors (Lipinski definition) is 6. The number of fused-ring (bicyclic) bond motifs is 1. The van der Waals surface area contributed by atoms with Crippen molar-refractivity contribution in [3.8, 4) is 34.3 Å². The standard InChI is InChI=1S/C26H32N2O4/c1-5-29-23-12-10-18(16-24(23)30-6-2)26-27-25(28-32-26)21-9-7-8-20-19(21)11-13-22(20)31-15-14-17(3)4/h7-10,12,16-17,22H,5-6,11,13-15H2,1-4H3/t22-/m0/s1. The maximum Gasteiger partial charge on any atom is 0.258 e. The number of aromatic nitrogens is 2. The van der Waals surface area contributed by atoms with Gasteiger partial charge in [0.05, 0.1) is 19.3 Å². The molecule has 2 aromatic carbocycles. The Kier molecular flexibility index (Phi) is 7.10. The molecule has 0 amide bonds. The topological polar surface area (TPSA) is 66.6 Å². The van der Waals surface area contributed by atoms with Crippen LogP contribution in [-0.2, 0) is 11.2 Å². The van der Waals surface area contributed by atoms with Gasteiger partial charge in [0.25, 0.3) is 5.89 Å². The molecule has 0 saturated heterocycles. The Morgan fingerprint density at radius 2 is 1.88 bits per heavy atom. The van der Waals surface area contributed by atoms with Gasteiger partial charge in [-0.25, -0.2) is 0 Å². The third kappa shape index (κ3) is 4.80. The minimum absolute atomic E-state index is 0.148. The number of hydrogen-bond donors (Lipinski definition) is 0. The van der Waals surface area contributed by atoms with Crippen LogP contribution >= 0.6 is 0 Å². The van der Waals surface area contributed by atoms with Crippen LogP contribution in [0.5, 0.6) is 11.5 Å². The van der Waals surface area contributed by atoms with E-state index in [1.807, 2.05) is 32.0 Å². The van der Waals surface area contributed by atoms with Gasteiger partial charge in [0.2, 0.25) is 5.82 Å². The van der Waals surface area contributed by atoms with E-state index in [-0.39, 0.29) is 6.10 Å². The molecule has 1 heterocycles. The van der Waals surface area contributed by atoms with Gasteiger partial charge in [-0.2, -0.15) is 4.98 Å². The van der Waals surface area contributed by atoms with E-state index in [9.17, 15) is 0 Å². The highest BCUT2D eigenvalue weighted by atomic mass is 16.5. The van der Waals surface area contributed by atoms with Crippen LogP contribution in [0.1, 0.15) is 57.8 Å². The first-order valence-corrected chi connectivity index (χ1v) is 11.6. The molecule has 0 aliphatic heterocycles. The average Bonchev–Trinajstić information content (AvgIpc) is 3.43. The first kappa shape index (κ1) is 22.3. The highest BCUT2D eigenvalue weighted by Gasteiger charge is 2.27. The summed E-state index contributed by atoms with van der Waals surface area (Å²) in [4.78, 5) is 4.70. The molecule has 6 nitrogen and oxygen atoms in total. The molecule has 1 aliphatic carbocycles. The summed E-state index contributed by atoms with van der Waals surface area (Å²) in [6.45, 7) is 10.3. The van der Waals surface area contributed by atoms with Crippen molar-refractivity contribution in [2.45, 2.75) is 53.1 Å². The number of ether oxygens (including phenoxy) is 3. The Morgan fingerprint density at radius 1 is 1.06 bits per heavy atom. The molecular weight excluding hydrogens is 404 g/mol. The van der Waals surface area contributed by atoms with E-state index >= 15 is 0 Å². The van der Waals surface area contributed by atoms with Crippen molar-refractivity contribution >= 4 is 0 Å². The van der Waals surface area contributed by atoms with E-state index in [0.29, 0.717) is 42.3 Å². The second kappa shape index (κ2) is 10.2. The van der Waals surface area contributed by atoms with Crippen LogP contribution < -0.4 is 9.47 Å². The average molecular weight is 437 g/mol. The molecule has 0 spiro atoms. The molecule has 32 heavy (non-hydrogen) atoms. The van der Waals surface area contributed by atoms with Gasteiger partial charge in [-0.3, -0.25) is 0 Å². The van der Waals surface area contributed by atoms with Gasteiger partial charge < -0.3 is 18.7 Å². The van der Waals surface area contributed by atoms with Crippen molar-refractivity contribution in [3.05, 3.63) is 47.5 Å². The minimum atomic E-state index is 0.148. The lowest BCUT2D eigenvalue weighted by molar-refractivity contribution is 0.0471. The third-order valence-corrected chi connectivity index (χ3v) is 5.69. The molecular formula is C26H32N2O4. The predicted molar refractivity (Wildman–Crippen MR) is 124 cm³/mol. The largest absolute Gasteiger partial charge is 0.490 e. The minimum Gasteiger partial charge on any atom is -0.490 e. The lowest BCUT2D eigenvalue weighted by Gasteiger charge is -2.14. The molecule has 4 rings (SSSR count). The van der Waals surface area contributed by atoms with Crippen LogP contribution in [-0.4, -0.2) is 30.0 Å². The summed E-state index contributed by atoms with van der Waals surface area (Å²) in [6.07, 6.45) is 3.17. The second-order valence-electron chi connectivity index (χ2n) is 8.40. The first-order valence-electron chi connectivity index (χ1n) is 11.6. The maximum absolute atomic E-state index is 6.18. The summed E-state index contributed by atoms with van der Waals surface area (Å²) in [5, 5.41) is 4.29. The fourth-order valence-electron chi connectivity index (χ4n) is 4.08. The molecule has 0 N–H and O–H groups in total. The molecule has 3 aromatic rings. The van der Waals surface area contributed by atoms with Crippen molar-refractivity contribution < 1.29 is 18.7 Å². The SMILES string of the molecule is CCOc1ccc(-c2nc(-c3cccc4c3CC[C@@H]4OCCC(C)C)no2)cc1OCC. The summed E-state index contributed by atoms with van der Waals surface area (Å²) >= 11 is 0. The Hall–Kier alpha value is -2.86. The Bertz CT molecular complexity index is 1040. The summed E-state index contributed by atoms with van der Waals surface area (Å²) in [7, 11) is 0. The highest BCUT2D eigenvalue weighted by Crippen LogP contribution is 2.40. The summed E-state index contributed by atoms with van der Waals surface area (Å²) in [6, 6.07) is 12.0. The maximum atomic E-state index is 6.18. The van der Waals surface area contributed by atoms with Crippen LogP contribution in [0.4, 0.5) is 0 Å². The van der Waals surface area contributed by atoms with E-state index in [0.717, 1.165) is 37.0 Å². The molecule has 0 unspecified atom stereocenters. The zero-order chi connectivity index (χ0) is 22.5. The van der Waals surface area contributed by atoms with Gasteiger partial charge >= 0.3 is 0 Å². The van der Waals surface area contributed by atoms with Crippen molar-refractivity contribution in [3.63, 3.8) is 0 Å². The monoisotopic (exact) mass is 436 g/mol. The molecule has 0 saturated carbocycles. The Labute approximate surface area is 189 Å². The van der Waals surface area contributed by atoms with E-state index in [4.69, 9.17) is 23.7 Å². The van der Waals surface area contributed by atoms with Gasteiger partial charge in [0.15, 0.2) is 11.5 Å². The summed E-state index contributed by atoms with van der Waals surface area (Å²) in [5.74, 6) is 3.09. The molecule has 1 atom stereocenters. The van der Waals surface area contributed by atoms with Crippen LogP contribution in [0.15, 0.2) is 40.9 Å². The van der Waals surface area contributed by atoms with Crippen molar-refractivity contribution in [1.82, 2.24) is 10.1 Å². The van der Waals surface area contributed by atoms with Gasteiger partial charge in [-0.15, -0.1) is 0 Å². The zero-order valence-electron chi connectivity index (χ0n) is 19.4. The molecule has 1 aliphatic rings. The molecule has 0 fully saturated rings. The predicted octanol–water partition coefficient (Wildman–Crippen LogP) is 6.25. The smallest absolute Gasteiger partial charge is 0.258 e. The first-order chi connectivity index (χ1) is 15.6. The zero-order valence-corrected chi connectivity index (χ0v) is 19.4. The second-order valence-corrected chi connectivity index (χ2v) is 8.40. The molecule has 170 valence electrons. The molecule has 0 bridgehead atoms. The highest BCUT2D eigenvalue weighted by molar-refractivity contribution is 5.67. The molecule has 1 aromatic heterocycles. The van der Waals surface area contributed by atoms with E-state index in [1.165, 1.54) is 11.1 Å². The number of nitrogens with zero attached hydrogens (tertiary/aromatic N) is 2. The Morgan fingerprint density at radius 3 is 2.66 bits per heavy atom. The molecule has 0 radical (unpaired) electrons. The van der Waals surface area contributed by atoms with Crippen molar-refractivity contribution in [2.24, 2.45) is 5.92 Å². The number of rotatable bonds is 10. The van der Waals surface area contributed by atoms with Gasteiger partial charge in [0.1, 0.15) is 0 Å². The van der Waals surface area contributed by atoms with Crippen LogP contribution in [0, 0.1) is 5.92 Å². The number of benzene rings is 2. The summed E-state index contributed by atoms with van der Waals surface area (Å²) < 4.78 is 23.2.